The highest BCUT2D eigenvalue weighted by molar-refractivity contribution is 8.07. The lowest BCUT2D eigenvalue weighted by Gasteiger charge is -2.11. The summed E-state index contributed by atoms with van der Waals surface area (Å²) in [6.45, 7) is 5.56. The van der Waals surface area contributed by atoms with Crippen molar-refractivity contribution in [3.8, 4) is 0 Å². The molecule has 88 valence electrons. The van der Waals surface area contributed by atoms with Gasteiger partial charge in [0.25, 0.3) is 5.91 Å². The first-order valence-electron chi connectivity index (χ1n) is 4.60. The summed E-state index contributed by atoms with van der Waals surface area (Å²) in [7, 11) is 0. The van der Waals surface area contributed by atoms with Gasteiger partial charge in [0.05, 0.1) is 0 Å². The number of hydrogen-bond acceptors (Lipinski definition) is 2. The lowest BCUT2D eigenvalue weighted by Crippen LogP contribution is -2.19. The predicted octanol–water partition coefficient (Wildman–Crippen LogP) is 3.93. The van der Waals surface area contributed by atoms with Crippen molar-refractivity contribution in [1.29, 1.82) is 0 Å². The van der Waals surface area contributed by atoms with Crippen molar-refractivity contribution in [2.75, 3.05) is 0 Å². The second-order valence-corrected chi connectivity index (χ2v) is 8.20. The van der Waals surface area contributed by atoms with E-state index in [0.717, 1.165) is 16.7 Å². The van der Waals surface area contributed by atoms with E-state index in [9.17, 15) is 9.36 Å². The van der Waals surface area contributed by atoms with Crippen molar-refractivity contribution < 1.29 is 9.36 Å². The first-order valence-corrected chi connectivity index (χ1v) is 8.12. The van der Waals surface area contributed by atoms with E-state index in [1.54, 1.807) is 0 Å². The molecule has 1 N–H and O–H groups in total. The topological polar surface area (TPSA) is 46.2 Å². The average Bonchev–Trinajstić information content (AvgIpc) is 1.96. The minimum atomic E-state index is -3.59. The standard InChI is InChI=1S/C10H12Cl2NO2P/c1-6-4-7(2)9(8(3)5-6)10(14)13-16(11,12)15/h4-5H,1-3H3,(H,13,14,15). The van der Waals surface area contributed by atoms with Gasteiger partial charge in [-0.15, -0.1) is 0 Å². The number of rotatable bonds is 2. The van der Waals surface area contributed by atoms with Gasteiger partial charge >= 0.3 is 6.00 Å². The summed E-state index contributed by atoms with van der Waals surface area (Å²) in [4.78, 5) is 11.8. The fourth-order valence-electron chi connectivity index (χ4n) is 1.71. The summed E-state index contributed by atoms with van der Waals surface area (Å²) >= 11 is 10.6. The van der Waals surface area contributed by atoms with Crippen LogP contribution >= 0.6 is 28.5 Å². The van der Waals surface area contributed by atoms with Gasteiger partial charge in [-0.25, -0.2) is 0 Å². The molecule has 0 radical (unpaired) electrons. The van der Waals surface area contributed by atoms with Gasteiger partial charge in [-0.05, 0) is 54.4 Å². The number of carbonyl (C=O) groups is 1. The Morgan fingerprint density at radius 1 is 1.19 bits per heavy atom. The van der Waals surface area contributed by atoms with Gasteiger partial charge in [-0.3, -0.25) is 14.4 Å². The molecule has 0 aliphatic heterocycles. The molecule has 0 saturated carbocycles. The summed E-state index contributed by atoms with van der Waals surface area (Å²) in [5.41, 5.74) is 3.13. The lowest BCUT2D eigenvalue weighted by atomic mass is 10.00. The molecule has 0 aliphatic rings. The lowest BCUT2D eigenvalue weighted by molar-refractivity contribution is 0.0981. The Bertz CT molecular complexity index is 459. The molecule has 6 heteroatoms. The summed E-state index contributed by atoms with van der Waals surface area (Å²) in [5.74, 6) is -4.10. The van der Waals surface area contributed by atoms with E-state index >= 15 is 0 Å². The first kappa shape index (κ1) is 13.6. The number of aryl methyl sites for hydroxylation is 3. The Hall–Kier alpha value is -0.500. The Morgan fingerprint density at radius 3 is 2.00 bits per heavy atom. The van der Waals surface area contributed by atoms with Crippen LogP contribution in [-0.4, -0.2) is 5.91 Å². The summed E-state index contributed by atoms with van der Waals surface area (Å²) in [6, 6.07) is 3.74. The highest BCUT2D eigenvalue weighted by Gasteiger charge is 2.21. The van der Waals surface area contributed by atoms with Gasteiger partial charge in [-0.1, -0.05) is 17.7 Å². The maximum absolute atomic E-state index is 11.8. The number of halogens is 2. The molecule has 0 spiro atoms. The zero-order valence-electron chi connectivity index (χ0n) is 9.17. The Labute approximate surface area is 104 Å². The van der Waals surface area contributed by atoms with Crippen LogP contribution in [0.1, 0.15) is 27.0 Å². The second-order valence-electron chi connectivity index (χ2n) is 3.68. The second kappa shape index (κ2) is 4.79. The maximum Gasteiger partial charge on any atom is 0.345 e. The first-order chi connectivity index (χ1) is 7.20. The minimum absolute atomic E-state index is 0.465. The maximum atomic E-state index is 11.8. The fraction of sp³-hybridized carbons (Fsp3) is 0.300. The molecule has 0 unspecified atom stereocenters. The molecule has 0 aliphatic carbocycles. The van der Waals surface area contributed by atoms with Crippen molar-refractivity contribution in [2.24, 2.45) is 0 Å². The average molecular weight is 280 g/mol. The van der Waals surface area contributed by atoms with E-state index in [4.69, 9.17) is 22.5 Å². The highest BCUT2D eigenvalue weighted by atomic mass is 35.9. The van der Waals surface area contributed by atoms with Gasteiger partial charge in [0, 0.05) is 5.56 Å². The van der Waals surface area contributed by atoms with E-state index < -0.39 is 11.9 Å². The molecular formula is C10H12Cl2NO2P. The molecule has 16 heavy (non-hydrogen) atoms. The van der Waals surface area contributed by atoms with Gasteiger partial charge in [0.1, 0.15) is 0 Å². The molecule has 0 saturated heterocycles. The Balaban J connectivity index is 3.14. The van der Waals surface area contributed by atoms with Crippen LogP contribution in [0.3, 0.4) is 0 Å². The van der Waals surface area contributed by atoms with E-state index in [0.29, 0.717) is 5.56 Å². The molecule has 0 aromatic heterocycles. The summed E-state index contributed by atoms with van der Waals surface area (Å²) in [6.07, 6.45) is 0. The van der Waals surface area contributed by atoms with Crippen LogP contribution in [0, 0.1) is 20.8 Å². The third-order valence-electron chi connectivity index (χ3n) is 2.14. The zero-order valence-corrected chi connectivity index (χ0v) is 11.6. The van der Waals surface area contributed by atoms with Crippen molar-refractivity contribution in [3.63, 3.8) is 0 Å². The molecule has 0 atom stereocenters. The van der Waals surface area contributed by atoms with Crippen molar-refractivity contribution >= 4 is 34.4 Å². The monoisotopic (exact) mass is 279 g/mol. The molecule has 0 fully saturated rings. The Kier molecular flexibility index (Phi) is 4.06. The van der Waals surface area contributed by atoms with E-state index in [1.165, 1.54) is 0 Å². The number of benzene rings is 1. The molecule has 3 nitrogen and oxygen atoms in total. The predicted molar refractivity (Wildman–Crippen MR) is 67.4 cm³/mol. The van der Waals surface area contributed by atoms with Gasteiger partial charge in [-0.2, -0.15) is 0 Å². The molecule has 1 aromatic rings. The van der Waals surface area contributed by atoms with Crippen LogP contribution in [0.25, 0.3) is 0 Å². The van der Waals surface area contributed by atoms with Crippen molar-refractivity contribution in [1.82, 2.24) is 5.09 Å². The van der Waals surface area contributed by atoms with Crippen LogP contribution in [0.4, 0.5) is 0 Å². The smallest absolute Gasteiger partial charge is 0.279 e. The molecule has 0 heterocycles. The molecule has 0 bridgehead atoms. The van der Waals surface area contributed by atoms with E-state index in [2.05, 4.69) is 5.09 Å². The third kappa shape index (κ3) is 3.51. The molecule has 1 amide bonds. The fourth-order valence-corrected chi connectivity index (χ4v) is 2.52. The van der Waals surface area contributed by atoms with E-state index in [1.807, 2.05) is 32.9 Å². The van der Waals surface area contributed by atoms with Crippen LogP contribution in [0.2, 0.25) is 0 Å². The third-order valence-corrected chi connectivity index (χ3v) is 3.11. The SMILES string of the molecule is Cc1cc(C)c(C(=O)NP(=O)(Cl)Cl)c(C)c1. The number of amides is 1. The van der Waals surface area contributed by atoms with Crippen LogP contribution < -0.4 is 5.09 Å². The quantitative estimate of drug-likeness (QED) is 0.834. The van der Waals surface area contributed by atoms with Gasteiger partial charge in [0.15, 0.2) is 0 Å². The van der Waals surface area contributed by atoms with Crippen LogP contribution in [0.5, 0.6) is 0 Å². The summed E-state index contributed by atoms with van der Waals surface area (Å²) < 4.78 is 11.1. The van der Waals surface area contributed by atoms with Gasteiger partial charge < -0.3 is 0 Å². The van der Waals surface area contributed by atoms with Crippen molar-refractivity contribution in [2.45, 2.75) is 20.8 Å². The number of nitrogens with one attached hydrogen (secondary N) is 1. The number of carbonyl (C=O) groups excluding carboxylic acids is 1. The van der Waals surface area contributed by atoms with Gasteiger partial charge in [0.2, 0.25) is 0 Å². The largest absolute Gasteiger partial charge is 0.345 e. The Morgan fingerprint density at radius 2 is 1.62 bits per heavy atom. The molecule has 1 aromatic carbocycles. The van der Waals surface area contributed by atoms with Crippen LogP contribution in [0.15, 0.2) is 12.1 Å². The minimum Gasteiger partial charge on any atom is -0.279 e. The van der Waals surface area contributed by atoms with E-state index in [-0.39, 0.29) is 0 Å². The normalized spacial score (nSPS) is 11.3. The van der Waals surface area contributed by atoms with Crippen molar-refractivity contribution in [3.05, 3.63) is 34.4 Å². The molecule has 1 rings (SSSR count). The molecular weight excluding hydrogens is 268 g/mol. The zero-order chi connectivity index (χ0) is 12.5. The number of hydrogen-bond donors (Lipinski definition) is 1. The summed E-state index contributed by atoms with van der Waals surface area (Å²) in [5, 5.41) is 2.08. The highest BCUT2D eigenvalue weighted by Crippen LogP contribution is 2.52. The van der Waals surface area contributed by atoms with Crippen LogP contribution in [-0.2, 0) is 4.57 Å².